The second-order valence-corrected chi connectivity index (χ2v) is 4.88. The number of rotatable bonds is 4. The van der Waals surface area contributed by atoms with Gasteiger partial charge in [-0.2, -0.15) is 0 Å². The van der Waals surface area contributed by atoms with Gasteiger partial charge in [0.25, 0.3) is 0 Å². The highest BCUT2D eigenvalue weighted by Gasteiger charge is 2.44. The SMILES string of the molecule is C=CC1(C(=O)O)CCN(C(=O)OCc2ccccc2)C1. The van der Waals surface area contributed by atoms with Crippen molar-refractivity contribution in [2.24, 2.45) is 5.41 Å². The van der Waals surface area contributed by atoms with E-state index in [0.717, 1.165) is 5.56 Å². The fraction of sp³-hybridized carbons (Fsp3) is 0.333. The first-order valence-corrected chi connectivity index (χ1v) is 6.40. The second-order valence-electron chi connectivity index (χ2n) is 4.88. The van der Waals surface area contributed by atoms with Gasteiger partial charge in [-0.15, -0.1) is 6.58 Å². The first-order chi connectivity index (χ1) is 9.57. The molecule has 1 heterocycles. The average Bonchev–Trinajstić information content (AvgIpc) is 2.92. The minimum Gasteiger partial charge on any atom is -0.481 e. The molecule has 0 aliphatic carbocycles. The van der Waals surface area contributed by atoms with E-state index in [2.05, 4.69) is 6.58 Å². The molecule has 1 saturated heterocycles. The molecule has 0 spiro atoms. The number of nitrogens with zero attached hydrogens (tertiary/aromatic N) is 1. The molecular weight excluding hydrogens is 258 g/mol. The number of ether oxygens (including phenoxy) is 1. The Balaban J connectivity index is 1.92. The van der Waals surface area contributed by atoms with E-state index in [-0.39, 0.29) is 13.2 Å². The summed E-state index contributed by atoms with van der Waals surface area (Å²) in [7, 11) is 0. The summed E-state index contributed by atoms with van der Waals surface area (Å²) in [5.41, 5.74) is -0.153. The zero-order valence-electron chi connectivity index (χ0n) is 11.1. The van der Waals surface area contributed by atoms with Crippen molar-refractivity contribution in [3.05, 3.63) is 48.6 Å². The van der Waals surface area contributed by atoms with Crippen molar-refractivity contribution in [2.45, 2.75) is 13.0 Å². The summed E-state index contributed by atoms with van der Waals surface area (Å²) in [6.45, 7) is 4.23. The molecule has 1 aromatic carbocycles. The Morgan fingerprint density at radius 2 is 2.10 bits per heavy atom. The van der Waals surface area contributed by atoms with Crippen molar-refractivity contribution in [1.29, 1.82) is 0 Å². The molecule has 5 nitrogen and oxygen atoms in total. The first-order valence-electron chi connectivity index (χ1n) is 6.40. The van der Waals surface area contributed by atoms with Gasteiger partial charge in [-0.25, -0.2) is 4.79 Å². The second kappa shape index (κ2) is 5.77. The third-order valence-electron chi connectivity index (χ3n) is 3.58. The Bertz CT molecular complexity index is 514. The van der Waals surface area contributed by atoms with E-state index in [1.165, 1.54) is 11.0 Å². The van der Waals surface area contributed by atoms with Gasteiger partial charge in [0.15, 0.2) is 0 Å². The number of carbonyl (C=O) groups is 2. The first kappa shape index (κ1) is 14.1. The summed E-state index contributed by atoms with van der Waals surface area (Å²) in [5.74, 6) is -0.953. The molecule has 5 heteroatoms. The van der Waals surface area contributed by atoms with Crippen molar-refractivity contribution in [1.82, 2.24) is 4.90 Å². The summed E-state index contributed by atoms with van der Waals surface area (Å²) in [6, 6.07) is 9.35. The van der Waals surface area contributed by atoms with Crippen LogP contribution in [-0.2, 0) is 16.1 Å². The zero-order valence-corrected chi connectivity index (χ0v) is 11.1. The summed E-state index contributed by atoms with van der Waals surface area (Å²) in [6.07, 6.45) is 1.28. The predicted octanol–water partition coefficient (Wildman–Crippen LogP) is 2.29. The summed E-state index contributed by atoms with van der Waals surface area (Å²) >= 11 is 0. The molecule has 1 aliphatic heterocycles. The molecule has 20 heavy (non-hydrogen) atoms. The Morgan fingerprint density at radius 3 is 2.65 bits per heavy atom. The van der Waals surface area contributed by atoms with E-state index >= 15 is 0 Å². The maximum Gasteiger partial charge on any atom is 0.410 e. The number of likely N-dealkylation sites (tertiary alicyclic amines) is 1. The van der Waals surface area contributed by atoms with E-state index in [4.69, 9.17) is 4.74 Å². The number of amides is 1. The molecule has 1 amide bonds. The highest BCUT2D eigenvalue weighted by Crippen LogP contribution is 2.32. The van der Waals surface area contributed by atoms with Gasteiger partial charge in [-0.3, -0.25) is 4.79 Å². The molecule has 106 valence electrons. The van der Waals surface area contributed by atoms with Crippen molar-refractivity contribution >= 4 is 12.1 Å². The van der Waals surface area contributed by atoms with Crippen LogP contribution in [-0.4, -0.2) is 35.2 Å². The van der Waals surface area contributed by atoms with E-state index in [1.54, 1.807) is 0 Å². The topological polar surface area (TPSA) is 66.8 Å². The lowest BCUT2D eigenvalue weighted by molar-refractivity contribution is -0.145. The van der Waals surface area contributed by atoms with E-state index in [9.17, 15) is 14.7 Å². The van der Waals surface area contributed by atoms with E-state index in [0.29, 0.717) is 13.0 Å². The number of hydrogen-bond acceptors (Lipinski definition) is 3. The fourth-order valence-corrected chi connectivity index (χ4v) is 2.23. The van der Waals surface area contributed by atoms with Gasteiger partial charge in [-0.1, -0.05) is 36.4 Å². The Morgan fingerprint density at radius 1 is 1.40 bits per heavy atom. The van der Waals surface area contributed by atoms with Crippen LogP contribution in [0.4, 0.5) is 4.79 Å². The van der Waals surface area contributed by atoms with Crippen LogP contribution in [0.15, 0.2) is 43.0 Å². The van der Waals surface area contributed by atoms with Crippen LogP contribution in [0.3, 0.4) is 0 Å². The number of carbonyl (C=O) groups excluding carboxylic acids is 1. The molecule has 2 rings (SSSR count). The van der Waals surface area contributed by atoms with Gasteiger partial charge >= 0.3 is 12.1 Å². The number of carboxylic acids is 1. The molecule has 1 N–H and O–H groups in total. The fourth-order valence-electron chi connectivity index (χ4n) is 2.23. The van der Waals surface area contributed by atoms with Crippen LogP contribution in [0.25, 0.3) is 0 Å². The molecule has 0 aromatic heterocycles. The Labute approximate surface area is 117 Å². The molecule has 1 atom stereocenters. The molecule has 1 aliphatic rings. The lowest BCUT2D eigenvalue weighted by Gasteiger charge is -2.20. The summed E-state index contributed by atoms with van der Waals surface area (Å²) < 4.78 is 5.19. The predicted molar refractivity (Wildman–Crippen MR) is 73.1 cm³/mol. The Kier molecular flexibility index (Phi) is 4.08. The Hall–Kier alpha value is -2.30. The van der Waals surface area contributed by atoms with Gasteiger partial charge in [0.05, 0.1) is 0 Å². The highest BCUT2D eigenvalue weighted by molar-refractivity contribution is 5.79. The van der Waals surface area contributed by atoms with Gasteiger partial charge in [0, 0.05) is 13.1 Å². The zero-order chi connectivity index (χ0) is 14.6. The molecular formula is C15H17NO4. The molecule has 0 bridgehead atoms. The number of aliphatic carboxylic acids is 1. The van der Waals surface area contributed by atoms with Crippen molar-refractivity contribution < 1.29 is 19.4 Å². The van der Waals surface area contributed by atoms with Crippen LogP contribution in [0, 0.1) is 5.41 Å². The lowest BCUT2D eigenvalue weighted by atomic mass is 9.88. The minimum atomic E-state index is -1.05. The van der Waals surface area contributed by atoms with Crippen LogP contribution in [0.2, 0.25) is 0 Å². The lowest BCUT2D eigenvalue weighted by Crippen LogP contribution is -2.35. The molecule has 0 radical (unpaired) electrons. The van der Waals surface area contributed by atoms with Gasteiger partial charge in [0.1, 0.15) is 12.0 Å². The van der Waals surface area contributed by atoms with Crippen molar-refractivity contribution in [2.75, 3.05) is 13.1 Å². The van der Waals surface area contributed by atoms with Crippen LogP contribution >= 0.6 is 0 Å². The quantitative estimate of drug-likeness (QED) is 0.856. The van der Waals surface area contributed by atoms with E-state index < -0.39 is 17.5 Å². The maximum atomic E-state index is 11.9. The normalized spacial score (nSPS) is 21.5. The third-order valence-corrected chi connectivity index (χ3v) is 3.58. The number of carboxylic acid groups (broad SMARTS) is 1. The largest absolute Gasteiger partial charge is 0.481 e. The standard InChI is InChI=1S/C15H17NO4/c1-2-15(13(17)18)8-9-16(11-15)14(19)20-10-12-6-4-3-5-7-12/h2-7H,1,8-11H2,(H,17,18). The van der Waals surface area contributed by atoms with E-state index in [1.807, 2.05) is 30.3 Å². The summed E-state index contributed by atoms with van der Waals surface area (Å²) in [4.78, 5) is 24.6. The number of hydrogen-bond donors (Lipinski definition) is 1. The summed E-state index contributed by atoms with van der Waals surface area (Å²) in [5, 5.41) is 9.22. The monoisotopic (exact) mass is 275 g/mol. The molecule has 1 unspecified atom stereocenters. The minimum absolute atomic E-state index is 0.111. The van der Waals surface area contributed by atoms with Gasteiger partial charge in [-0.05, 0) is 12.0 Å². The van der Waals surface area contributed by atoms with Crippen LogP contribution in [0.5, 0.6) is 0 Å². The maximum absolute atomic E-state index is 11.9. The van der Waals surface area contributed by atoms with Crippen molar-refractivity contribution in [3.8, 4) is 0 Å². The molecule has 1 aromatic rings. The van der Waals surface area contributed by atoms with Crippen LogP contribution < -0.4 is 0 Å². The van der Waals surface area contributed by atoms with Gasteiger partial charge < -0.3 is 14.7 Å². The number of benzene rings is 1. The average molecular weight is 275 g/mol. The molecule has 0 saturated carbocycles. The highest BCUT2D eigenvalue weighted by atomic mass is 16.6. The van der Waals surface area contributed by atoms with Crippen molar-refractivity contribution in [3.63, 3.8) is 0 Å². The van der Waals surface area contributed by atoms with Crippen LogP contribution in [0.1, 0.15) is 12.0 Å². The van der Waals surface area contributed by atoms with Gasteiger partial charge in [0.2, 0.25) is 0 Å². The smallest absolute Gasteiger partial charge is 0.410 e. The molecule has 1 fully saturated rings. The third kappa shape index (κ3) is 2.82.